The maximum absolute atomic E-state index is 13.6. The molecule has 7 heterocycles. The first-order valence-corrected chi connectivity index (χ1v) is 20.3. The molecule has 5 amide bonds. The Morgan fingerprint density at radius 3 is 2.50 bits per heavy atom. The first-order valence-electron chi connectivity index (χ1n) is 19.5. The van der Waals surface area contributed by atoms with E-state index in [2.05, 4.69) is 37.2 Å². The van der Waals surface area contributed by atoms with E-state index in [0.29, 0.717) is 48.6 Å². The van der Waals surface area contributed by atoms with Gasteiger partial charge in [0.15, 0.2) is 5.01 Å². The van der Waals surface area contributed by atoms with Crippen molar-refractivity contribution < 1.29 is 24.0 Å². The number of benzene rings is 1. The van der Waals surface area contributed by atoms with Crippen LogP contribution >= 0.6 is 11.3 Å². The average Bonchev–Trinajstić information content (AvgIpc) is 3.97. The molecule has 1 unspecified atom stereocenters. The monoisotopic (exact) mass is 797 g/mol. The second-order valence-electron chi connectivity index (χ2n) is 15.2. The van der Waals surface area contributed by atoms with E-state index in [1.54, 1.807) is 41.9 Å². The molecular weight excluding hydrogens is 759 g/mol. The number of rotatable bonds is 8. The fourth-order valence-corrected chi connectivity index (χ4v) is 9.72. The first-order chi connectivity index (χ1) is 28.2. The molecule has 1 aromatic carbocycles. The van der Waals surface area contributed by atoms with E-state index < -0.39 is 29.7 Å². The second-order valence-corrected chi connectivity index (χ2v) is 16.2. The molecule has 3 aliphatic heterocycles. The summed E-state index contributed by atoms with van der Waals surface area (Å²) in [6.45, 7) is 1.08. The molecule has 3 N–H and O–H groups in total. The molecule has 2 saturated heterocycles. The normalized spacial score (nSPS) is 21.2. The Labute approximate surface area is 336 Å². The number of amides is 5. The third-order valence-electron chi connectivity index (χ3n) is 11.8. The van der Waals surface area contributed by atoms with Crippen LogP contribution in [0.1, 0.15) is 88.6 Å². The zero-order valence-corrected chi connectivity index (χ0v) is 32.4. The fraction of sp³-hybridized carbons (Fsp3) is 0.366. The van der Waals surface area contributed by atoms with Crippen molar-refractivity contribution in [3.8, 4) is 22.5 Å². The molecule has 3 fully saturated rings. The zero-order chi connectivity index (χ0) is 40.1. The van der Waals surface area contributed by atoms with Gasteiger partial charge in [-0.3, -0.25) is 38.8 Å². The number of hydrogen-bond acceptors (Lipinski definition) is 13. The van der Waals surface area contributed by atoms with Crippen molar-refractivity contribution in [3.05, 3.63) is 76.7 Å². The van der Waals surface area contributed by atoms with E-state index in [9.17, 15) is 29.2 Å². The highest BCUT2D eigenvalue weighted by Crippen LogP contribution is 2.40. The number of hydrogen-bond donors (Lipinski definition) is 3. The van der Waals surface area contributed by atoms with Crippen molar-refractivity contribution in [3.63, 3.8) is 0 Å². The molecule has 4 aliphatic rings. The molecule has 1 atom stereocenters. The number of fused-ring (bicyclic) bond motifs is 2. The summed E-state index contributed by atoms with van der Waals surface area (Å²) in [5.74, 6) is -1.31. The minimum absolute atomic E-state index is 0.0426. The second kappa shape index (κ2) is 15.1. The third kappa shape index (κ3) is 6.62. The number of pyridine rings is 2. The largest absolute Gasteiger partial charge is 0.387 e. The summed E-state index contributed by atoms with van der Waals surface area (Å²) < 4.78 is 1.89. The Bertz CT molecular complexity index is 2540. The van der Waals surface area contributed by atoms with Crippen LogP contribution in [0.2, 0.25) is 0 Å². The van der Waals surface area contributed by atoms with E-state index in [4.69, 9.17) is 4.98 Å². The molecule has 0 spiro atoms. The lowest BCUT2D eigenvalue weighted by Crippen LogP contribution is -2.54. The predicted octanol–water partition coefficient (Wildman–Crippen LogP) is 4.31. The van der Waals surface area contributed by atoms with Gasteiger partial charge in [0.25, 0.3) is 11.8 Å². The standard InChI is InChI=1S/C41H39N11O5S/c1-43-29-18-32(51-16-13-25-17-22(19-42)20-45-35(25)51)44-21-28(29)39-49-48-38(58-39)24-5-7-26(8-6-24)46-36(54)23-11-14-50(15-12-23)30-4-2-3-27-34(30)41(57)52(40(27)56)31-9-10-33(53)47-37(31)55/h2-4,13,16-18,20-21,23-24,26,31H,5-12,14-15H2,1H3,(H,43,44)(H,46,54)(H,47,53,55)/t24-,26-,31?. The summed E-state index contributed by atoms with van der Waals surface area (Å²) in [6.07, 6.45) is 10.0. The number of nitrogens with zero attached hydrogens (tertiary/aromatic N) is 8. The Kier molecular flexibility index (Phi) is 9.64. The Morgan fingerprint density at radius 2 is 1.74 bits per heavy atom. The van der Waals surface area contributed by atoms with Gasteiger partial charge in [0, 0.05) is 80.2 Å². The lowest BCUT2D eigenvalue weighted by Gasteiger charge is -2.35. The van der Waals surface area contributed by atoms with Crippen LogP contribution in [0, 0.1) is 17.2 Å². The van der Waals surface area contributed by atoms with Crippen molar-refractivity contribution >= 4 is 63.3 Å². The van der Waals surface area contributed by atoms with Crippen molar-refractivity contribution in [1.29, 1.82) is 5.26 Å². The predicted molar refractivity (Wildman–Crippen MR) is 213 cm³/mol. The van der Waals surface area contributed by atoms with E-state index >= 15 is 0 Å². The van der Waals surface area contributed by atoms with Gasteiger partial charge in [-0.05, 0) is 69.2 Å². The summed E-state index contributed by atoms with van der Waals surface area (Å²) >= 11 is 1.57. The van der Waals surface area contributed by atoms with E-state index in [1.807, 2.05) is 40.9 Å². The number of nitriles is 1. The molecular formula is C41H39N11O5S. The first kappa shape index (κ1) is 37.1. The van der Waals surface area contributed by atoms with Crippen LogP contribution in [0.25, 0.3) is 27.4 Å². The van der Waals surface area contributed by atoms with E-state index in [-0.39, 0.29) is 47.8 Å². The molecule has 294 valence electrons. The fourth-order valence-electron chi connectivity index (χ4n) is 8.68. The highest BCUT2D eigenvalue weighted by Gasteiger charge is 2.46. The van der Waals surface area contributed by atoms with Gasteiger partial charge >= 0.3 is 0 Å². The number of carbonyl (C=O) groups excluding carboxylic acids is 5. The zero-order valence-electron chi connectivity index (χ0n) is 31.6. The average molecular weight is 798 g/mol. The quantitative estimate of drug-likeness (QED) is 0.188. The maximum atomic E-state index is 13.6. The summed E-state index contributed by atoms with van der Waals surface area (Å²) in [5, 5.41) is 29.8. The van der Waals surface area contributed by atoms with Gasteiger partial charge in [-0.2, -0.15) is 5.26 Å². The summed E-state index contributed by atoms with van der Waals surface area (Å²) in [7, 11) is 1.86. The SMILES string of the molecule is CNc1cc(-n2ccc3cc(C#N)cnc32)ncc1-c1nnc([C@H]2CC[C@H](NC(=O)C3CCN(c4cccc5c4C(=O)N(C4CCC(=O)NC4=O)C5=O)CC3)CC2)s1. The van der Waals surface area contributed by atoms with Gasteiger partial charge < -0.3 is 15.5 Å². The van der Waals surface area contributed by atoms with Crippen LogP contribution in [-0.4, -0.2) is 91.4 Å². The molecule has 0 radical (unpaired) electrons. The Morgan fingerprint density at radius 1 is 0.931 bits per heavy atom. The molecule has 17 heteroatoms. The number of nitrogens with one attached hydrogen (secondary N) is 3. The van der Waals surface area contributed by atoms with Gasteiger partial charge in [-0.1, -0.05) is 17.4 Å². The van der Waals surface area contributed by atoms with Crippen LogP contribution < -0.4 is 20.9 Å². The maximum Gasteiger partial charge on any atom is 0.264 e. The van der Waals surface area contributed by atoms with Crippen molar-refractivity contribution in [2.45, 2.75) is 69.4 Å². The van der Waals surface area contributed by atoms with Crippen LogP contribution in [0.3, 0.4) is 0 Å². The summed E-state index contributed by atoms with van der Waals surface area (Å²) in [5.41, 5.74) is 4.06. The highest BCUT2D eigenvalue weighted by molar-refractivity contribution is 7.14. The lowest BCUT2D eigenvalue weighted by atomic mass is 9.86. The number of piperidine rings is 2. The molecule has 4 aromatic heterocycles. The summed E-state index contributed by atoms with van der Waals surface area (Å²) in [4.78, 5) is 76.9. The Hall–Kier alpha value is -6.54. The molecule has 5 aromatic rings. The number of anilines is 2. The smallest absolute Gasteiger partial charge is 0.264 e. The minimum atomic E-state index is -1.02. The van der Waals surface area contributed by atoms with Gasteiger partial charge in [0.1, 0.15) is 28.6 Å². The van der Waals surface area contributed by atoms with Crippen molar-refractivity contribution in [2.24, 2.45) is 5.92 Å². The van der Waals surface area contributed by atoms with Gasteiger partial charge in [0.05, 0.1) is 27.9 Å². The molecule has 9 rings (SSSR count). The van der Waals surface area contributed by atoms with Crippen LogP contribution in [-0.2, 0) is 14.4 Å². The Balaban J connectivity index is 0.787. The van der Waals surface area contributed by atoms with Gasteiger partial charge in [-0.15, -0.1) is 10.2 Å². The van der Waals surface area contributed by atoms with E-state index in [1.165, 1.54) is 0 Å². The minimum Gasteiger partial charge on any atom is -0.387 e. The summed E-state index contributed by atoms with van der Waals surface area (Å²) in [6, 6.07) is 12.0. The number of imide groups is 2. The molecule has 0 bridgehead atoms. The van der Waals surface area contributed by atoms with E-state index in [0.717, 1.165) is 57.2 Å². The number of carbonyl (C=O) groups is 5. The molecule has 1 aliphatic carbocycles. The van der Waals surface area contributed by atoms with Crippen molar-refractivity contribution in [1.82, 2.24) is 40.3 Å². The topological polar surface area (TPSA) is 208 Å². The van der Waals surface area contributed by atoms with Crippen LogP contribution in [0.5, 0.6) is 0 Å². The van der Waals surface area contributed by atoms with Gasteiger partial charge in [0.2, 0.25) is 17.7 Å². The van der Waals surface area contributed by atoms with Gasteiger partial charge in [-0.25, -0.2) is 9.97 Å². The van der Waals surface area contributed by atoms with Crippen LogP contribution in [0.4, 0.5) is 11.4 Å². The third-order valence-corrected chi connectivity index (χ3v) is 12.9. The van der Waals surface area contributed by atoms with Crippen molar-refractivity contribution in [2.75, 3.05) is 30.4 Å². The lowest BCUT2D eigenvalue weighted by molar-refractivity contribution is -0.136. The van der Waals surface area contributed by atoms with Crippen LogP contribution in [0.15, 0.2) is 55.0 Å². The highest BCUT2D eigenvalue weighted by atomic mass is 32.1. The molecule has 16 nitrogen and oxygen atoms in total. The number of aromatic nitrogens is 5. The molecule has 58 heavy (non-hydrogen) atoms. The molecule has 1 saturated carbocycles.